The Morgan fingerprint density at radius 2 is 2.03 bits per heavy atom. The summed E-state index contributed by atoms with van der Waals surface area (Å²) in [5.41, 5.74) is 4.11. The molecule has 0 radical (unpaired) electrons. The summed E-state index contributed by atoms with van der Waals surface area (Å²) < 4.78 is 0. The predicted octanol–water partition coefficient (Wildman–Crippen LogP) is 2.42. The SMILES string of the molecule is CCCNc1ncc(-c2nc3cc(N4CCNCC4)ccc3[nH]2)c(N[C@@H]2CCCNC2)n1. The predicted molar refractivity (Wildman–Crippen MR) is 130 cm³/mol. The van der Waals surface area contributed by atoms with E-state index in [1.165, 1.54) is 12.1 Å². The summed E-state index contributed by atoms with van der Waals surface area (Å²) in [6.45, 7) is 9.08. The van der Waals surface area contributed by atoms with Crippen molar-refractivity contribution in [3.05, 3.63) is 24.4 Å². The highest BCUT2D eigenvalue weighted by molar-refractivity contribution is 5.84. The number of nitrogens with one attached hydrogen (secondary N) is 5. The first-order valence-corrected chi connectivity index (χ1v) is 11.8. The van der Waals surface area contributed by atoms with Gasteiger partial charge < -0.3 is 31.2 Å². The first-order valence-electron chi connectivity index (χ1n) is 11.8. The Morgan fingerprint density at radius 1 is 1.12 bits per heavy atom. The van der Waals surface area contributed by atoms with Gasteiger partial charge >= 0.3 is 0 Å². The maximum atomic E-state index is 4.93. The first-order chi connectivity index (χ1) is 15.8. The van der Waals surface area contributed by atoms with Gasteiger partial charge in [0.1, 0.15) is 11.6 Å². The molecule has 0 bridgehead atoms. The molecule has 1 aromatic carbocycles. The van der Waals surface area contributed by atoms with E-state index in [1.54, 1.807) is 0 Å². The van der Waals surface area contributed by atoms with Crippen LogP contribution in [0.4, 0.5) is 17.5 Å². The van der Waals surface area contributed by atoms with Gasteiger partial charge in [0.25, 0.3) is 0 Å². The smallest absolute Gasteiger partial charge is 0.224 e. The fourth-order valence-electron chi connectivity index (χ4n) is 4.40. The number of benzene rings is 1. The molecule has 4 heterocycles. The molecule has 9 heteroatoms. The highest BCUT2D eigenvalue weighted by Gasteiger charge is 2.19. The normalized spacial score (nSPS) is 19.3. The summed E-state index contributed by atoms with van der Waals surface area (Å²) in [4.78, 5) is 20.2. The zero-order valence-electron chi connectivity index (χ0n) is 18.7. The molecule has 9 nitrogen and oxygen atoms in total. The number of piperazine rings is 1. The van der Waals surface area contributed by atoms with Crippen molar-refractivity contribution in [2.24, 2.45) is 0 Å². The number of aromatic amines is 1. The van der Waals surface area contributed by atoms with Crippen LogP contribution in [0.2, 0.25) is 0 Å². The molecule has 2 saturated heterocycles. The van der Waals surface area contributed by atoms with Gasteiger partial charge in [-0.15, -0.1) is 0 Å². The third-order valence-corrected chi connectivity index (χ3v) is 6.16. The molecule has 0 saturated carbocycles. The van der Waals surface area contributed by atoms with Gasteiger partial charge in [-0.2, -0.15) is 4.98 Å². The molecule has 0 spiro atoms. The molecule has 3 aromatic rings. The van der Waals surface area contributed by atoms with Gasteiger partial charge in [0.05, 0.1) is 16.6 Å². The molecule has 2 aliphatic heterocycles. The van der Waals surface area contributed by atoms with E-state index in [2.05, 4.69) is 61.3 Å². The van der Waals surface area contributed by atoms with Gasteiger partial charge in [0, 0.05) is 57.2 Å². The second-order valence-electron chi connectivity index (χ2n) is 8.59. The van der Waals surface area contributed by atoms with Gasteiger partial charge in [-0.25, -0.2) is 9.97 Å². The Balaban J connectivity index is 1.46. The van der Waals surface area contributed by atoms with Crippen LogP contribution in [-0.2, 0) is 0 Å². The molecule has 32 heavy (non-hydrogen) atoms. The van der Waals surface area contributed by atoms with Gasteiger partial charge in [0.2, 0.25) is 5.95 Å². The highest BCUT2D eigenvalue weighted by Crippen LogP contribution is 2.29. The third kappa shape index (κ3) is 4.63. The van der Waals surface area contributed by atoms with Crippen LogP contribution < -0.4 is 26.2 Å². The fraction of sp³-hybridized carbons (Fsp3) is 0.522. The molecule has 5 N–H and O–H groups in total. The van der Waals surface area contributed by atoms with Crippen LogP contribution >= 0.6 is 0 Å². The van der Waals surface area contributed by atoms with Crippen LogP contribution in [0.15, 0.2) is 24.4 Å². The minimum atomic E-state index is 0.347. The summed E-state index contributed by atoms with van der Waals surface area (Å²) in [5.74, 6) is 2.28. The van der Waals surface area contributed by atoms with Gasteiger partial charge in [-0.1, -0.05) is 6.92 Å². The Hall–Kier alpha value is -2.91. The Labute approximate surface area is 188 Å². The second-order valence-corrected chi connectivity index (χ2v) is 8.59. The van der Waals surface area contributed by atoms with Crippen LogP contribution in [0.25, 0.3) is 22.4 Å². The number of hydrogen-bond acceptors (Lipinski definition) is 8. The summed E-state index contributed by atoms with van der Waals surface area (Å²) in [7, 11) is 0. The molecule has 0 unspecified atom stereocenters. The van der Waals surface area contributed by atoms with Gasteiger partial charge in [0.15, 0.2) is 0 Å². The van der Waals surface area contributed by atoms with Crippen molar-refractivity contribution in [2.45, 2.75) is 32.2 Å². The Kier molecular flexibility index (Phi) is 6.36. The van der Waals surface area contributed by atoms with Crippen LogP contribution in [0.1, 0.15) is 26.2 Å². The summed E-state index contributed by atoms with van der Waals surface area (Å²) in [6.07, 6.45) is 5.19. The van der Waals surface area contributed by atoms with Crippen LogP contribution in [0.5, 0.6) is 0 Å². The van der Waals surface area contributed by atoms with Crippen LogP contribution in [-0.4, -0.2) is 71.8 Å². The lowest BCUT2D eigenvalue weighted by Crippen LogP contribution is -2.43. The van der Waals surface area contributed by atoms with E-state index in [0.717, 1.165) is 86.9 Å². The number of piperidine rings is 1. The number of hydrogen-bond donors (Lipinski definition) is 5. The molecule has 5 rings (SSSR count). The van der Waals surface area contributed by atoms with Crippen molar-refractivity contribution in [3.63, 3.8) is 0 Å². The Bertz CT molecular complexity index is 1040. The largest absolute Gasteiger partial charge is 0.369 e. The van der Waals surface area contributed by atoms with Crippen molar-refractivity contribution >= 4 is 28.5 Å². The van der Waals surface area contributed by atoms with E-state index in [9.17, 15) is 0 Å². The number of rotatable bonds is 7. The molecule has 1 atom stereocenters. The molecule has 0 aliphatic carbocycles. The zero-order valence-corrected chi connectivity index (χ0v) is 18.7. The minimum Gasteiger partial charge on any atom is -0.369 e. The average molecular weight is 436 g/mol. The number of aromatic nitrogens is 4. The monoisotopic (exact) mass is 435 g/mol. The number of anilines is 3. The van der Waals surface area contributed by atoms with Crippen molar-refractivity contribution in [3.8, 4) is 11.4 Å². The van der Waals surface area contributed by atoms with E-state index >= 15 is 0 Å². The number of H-pyrrole nitrogens is 1. The maximum absolute atomic E-state index is 4.93. The van der Waals surface area contributed by atoms with E-state index in [1.807, 2.05) is 6.20 Å². The lowest BCUT2D eigenvalue weighted by Gasteiger charge is -2.29. The van der Waals surface area contributed by atoms with Gasteiger partial charge in [-0.05, 0) is 44.0 Å². The van der Waals surface area contributed by atoms with Gasteiger partial charge in [-0.3, -0.25) is 0 Å². The number of fused-ring (bicyclic) bond motifs is 1. The van der Waals surface area contributed by atoms with E-state index < -0.39 is 0 Å². The Morgan fingerprint density at radius 3 is 2.84 bits per heavy atom. The molecule has 2 fully saturated rings. The van der Waals surface area contributed by atoms with Crippen LogP contribution in [0.3, 0.4) is 0 Å². The van der Waals surface area contributed by atoms with Crippen molar-refractivity contribution < 1.29 is 0 Å². The first kappa shape index (κ1) is 21.0. The molecule has 2 aliphatic rings. The van der Waals surface area contributed by atoms with E-state index in [0.29, 0.717) is 12.0 Å². The fourth-order valence-corrected chi connectivity index (χ4v) is 4.40. The molecule has 2 aromatic heterocycles. The van der Waals surface area contributed by atoms with Crippen LogP contribution in [0, 0.1) is 0 Å². The quantitative estimate of drug-likeness (QED) is 0.385. The topological polar surface area (TPSA) is 106 Å². The average Bonchev–Trinajstić information content (AvgIpc) is 3.27. The lowest BCUT2D eigenvalue weighted by atomic mass is 10.1. The zero-order chi connectivity index (χ0) is 21.8. The summed E-state index contributed by atoms with van der Waals surface area (Å²) in [6, 6.07) is 6.83. The standard InChI is InChI=1S/C23H33N9/c1-2-7-26-23-27-15-18(21(31-23)28-16-4-3-8-25-14-16)22-29-19-6-5-17(13-20(19)30-22)32-11-9-24-10-12-32/h5-6,13,15-16,24-25H,2-4,7-12,14H2,1H3,(H,29,30)(H2,26,27,28,31)/t16-/m1/s1. The van der Waals surface area contributed by atoms with E-state index in [-0.39, 0.29) is 0 Å². The molecular formula is C23H33N9. The number of nitrogens with zero attached hydrogens (tertiary/aromatic N) is 4. The lowest BCUT2D eigenvalue weighted by molar-refractivity contribution is 0.479. The molecule has 0 amide bonds. The molecular weight excluding hydrogens is 402 g/mol. The van der Waals surface area contributed by atoms with Crippen molar-refractivity contribution in [1.82, 2.24) is 30.6 Å². The minimum absolute atomic E-state index is 0.347. The summed E-state index contributed by atoms with van der Waals surface area (Å²) in [5, 5.41) is 13.8. The van der Waals surface area contributed by atoms with Crippen molar-refractivity contribution in [2.75, 3.05) is 61.3 Å². The highest BCUT2D eigenvalue weighted by atomic mass is 15.2. The second kappa shape index (κ2) is 9.70. The third-order valence-electron chi connectivity index (χ3n) is 6.16. The van der Waals surface area contributed by atoms with Crippen molar-refractivity contribution in [1.29, 1.82) is 0 Å². The maximum Gasteiger partial charge on any atom is 0.224 e. The molecule has 170 valence electrons. The summed E-state index contributed by atoms with van der Waals surface area (Å²) >= 11 is 0. The number of imidazole rings is 1. The van der Waals surface area contributed by atoms with E-state index in [4.69, 9.17) is 9.97 Å².